The number of nitrogens with one attached hydrogen (secondary N) is 1. The van der Waals surface area contributed by atoms with Crippen molar-refractivity contribution in [2.75, 3.05) is 18.4 Å². The minimum Gasteiger partial charge on any atom is -0.322 e. The van der Waals surface area contributed by atoms with E-state index >= 15 is 0 Å². The predicted octanol–water partition coefficient (Wildman–Crippen LogP) is 4.67. The van der Waals surface area contributed by atoms with Gasteiger partial charge in [-0.05, 0) is 61.2 Å². The lowest BCUT2D eigenvalue weighted by Crippen LogP contribution is -2.39. The number of nitrogens with zero attached hydrogens (tertiary/aromatic N) is 1. The normalized spacial score (nSPS) is 18.3. The molecule has 0 aliphatic carbocycles. The molecule has 1 unspecified atom stereocenters. The molecule has 0 bridgehead atoms. The minimum absolute atomic E-state index is 0.193. The molecule has 1 N–H and O–H groups in total. The fraction of sp³-hybridized carbons (Fsp3) is 0.316. The Morgan fingerprint density at radius 2 is 1.74 bits per heavy atom. The zero-order valence-electron chi connectivity index (χ0n) is 14.8. The van der Waals surface area contributed by atoms with Crippen molar-refractivity contribution in [1.82, 2.24) is 4.31 Å². The highest BCUT2D eigenvalue weighted by Gasteiger charge is 2.28. The Morgan fingerprint density at radius 1 is 1.11 bits per heavy atom. The molecular formula is C19H20Cl2N2O3S. The lowest BCUT2D eigenvalue weighted by molar-refractivity contribution is 0.102. The third-order valence-electron chi connectivity index (χ3n) is 4.49. The van der Waals surface area contributed by atoms with Gasteiger partial charge in [0.1, 0.15) is 0 Å². The summed E-state index contributed by atoms with van der Waals surface area (Å²) >= 11 is 11.9. The minimum atomic E-state index is -3.54. The van der Waals surface area contributed by atoms with Crippen LogP contribution in [0.15, 0.2) is 47.4 Å². The average molecular weight is 427 g/mol. The van der Waals surface area contributed by atoms with Gasteiger partial charge in [-0.15, -0.1) is 0 Å². The first kappa shape index (κ1) is 20.1. The van der Waals surface area contributed by atoms with Crippen LogP contribution >= 0.6 is 23.2 Å². The average Bonchev–Trinajstić information content (AvgIpc) is 2.61. The molecule has 1 aliphatic rings. The summed E-state index contributed by atoms with van der Waals surface area (Å²) in [6, 6.07) is 10.7. The van der Waals surface area contributed by atoms with Crippen LogP contribution in [0.1, 0.15) is 30.1 Å². The van der Waals surface area contributed by atoms with Gasteiger partial charge >= 0.3 is 0 Å². The van der Waals surface area contributed by atoms with Crippen molar-refractivity contribution in [3.63, 3.8) is 0 Å². The zero-order valence-corrected chi connectivity index (χ0v) is 17.1. The molecule has 27 heavy (non-hydrogen) atoms. The summed E-state index contributed by atoms with van der Waals surface area (Å²) in [6.45, 7) is 3.11. The second kappa shape index (κ2) is 8.19. The van der Waals surface area contributed by atoms with Gasteiger partial charge in [-0.25, -0.2) is 8.42 Å². The van der Waals surface area contributed by atoms with Crippen molar-refractivity contribution in [3.05, 3.63) is 58.1 Å². The molecule has 1 atom stereocenters. The van der Waals surface area contributed by atoms with Crippen molar-refractivity contribution in [2.45, 2.75) is 24.7 Å². The van der Waals surface area contributed by atoms with E-state index in [9.17, 15) is 13.2 Å². The third kappa shape index (κ3) is 4.82. The van der Waals surface area contributed by atoms with Crippen molar-refractivity contribution in [1.29, 1.82) is 0 Å². The fourth-order valence-corrected chi connectivity index (χ4v) is 5.25. The van der Waals surface area contributed by atoms with Crippen LogP contribution in [0.2, 0.25) is 10.0 Å². The van der Waals surface area contributed by atoms with Crippen LogP contribution in [0.4, 0.5) is 5.69 Å². The summed E-state index contributed by atoms with van der Waals surface area (Å²) in [5.41, 5.74) is 0.813. The van der Waals surface area contributed by atoms with E-state index < -0.39 is 10.0 Å². The Labute approximate surface area is 169 Å². The molecule has 1 amide bonds. The van der Waals surface area contributed by atoms with Crippen LogP contribution in [0.5, 0.6) is 0 Å². The lowest BCUT2D eigenvalue weighted by Gasteiger charge is -2.30. The van der Waals surface area contributed by atoms with E-state index in [2.05, 4.69) is 12.2 Å². The molecule has 1 heterocycles. The number of carbonyl (C=O) groups is 1. The van der Waals surface area contributed by atoms with Crippen LogP contribution in [-0.4, -0.2) is 31.7 Å². The van der Waals surface area contributed by atoms with Gasteiger partial charge in [0.2, 0.25) is 10.0 Å². The first-order valence-corrected chi connectivity index (χ1v) is 10.8. The SMILES string of the molecule is CC1CCCN(S(=O)(=O)c2ccc(C(=O)Nc3cc(Cl)cc(Cl)c3)cc2)C1. The number of benzene rings is 2. The van der Waals surface area contributed by atoms with Crippen molar-refractivity contribution < 1.29 is 13.2 Å². The predicted molar refractivity (Wildman–Crippen MR) is 108 cm³/mol. The molecule has 3 rings (SSSR count). The Morgan fingerprint density at radius 3 is 2.33 bits per heavy atom. The summed E-state index contributed by atoms with van der Waals surface area (Å²) in [7, 11) is -3.54. The molecule has 0 saturated carbocycles. The number of sulfonamides is 1. The number of amides is 1. The third-order valence-corrected chi connectivity index (χ3v) is 6.81. The van der Waals surface area contributed by atoms with Gasteiger partial charge in [0, 0.05) is 34.4 Å². The topological polar surface area (TPSA) is 66.5 Å². The second-order valence-electron chi connectivity index (χ2n) is 6.75. The Balaban J connectivity index is 1.75. The zero-order chi connectivity index (χ0) is 19.6. The molecule has 1 saturated heterocycles. The first-order valence-electron chi connectivity index (χ1n) is 8.63. The van der Waals surface area contributed by atoms with E-state index in [0.29, 0.717) is 40.3 Å². The standard InChI is InChI=1S/C19H20Cl2N2O3S/c1-13-3-2-8-23(12-13)27(25,26)18-6-4-14(5-7-18)19(24)22-17-10-15(20)9-16(21)11-17/h4-7,9-11,13H,2-3,8,12H2,1H3,(H,22,24). The van der Waals surface area contributed by atoms with Crippen LogP contribution in [-0.2, 0) is 10.0 Å². The van der Waals surface area contributed by atoms with E-state index in [1.54, 1.807) is 18.2 Å². The molecule has 1 aliphatic heterocycles. The van der Waals surface area contributed by atoms with E-state index in [1.165, 1.54) is 28.6 Å². The summed E-state index contributed by atoms with van der Waals surface area (Å²) in [6.07, 6.45) is 1.90. The molecule has 0 radical (unpaired) electrons. The van der Waals surface area contributed by atoms with Crippen LogP contribution in [0.25, 0.3) is 0 Å². The van der Waals surface area contributed by atoms with Crippen LogP contribution < -0.4 is 5.32 Å². The summed E-state index contributed by atoms with van der Waals surface area (Å²) in [4.78, 5) is 12.6. The number of halogens is 2. The maximum absolute atomic E-state index is 12.8. The smallest absolute Gasteiger partial charge is 0.255 e. The van der Waals surface area contributed by atoms with Crippen molar-refractivity contribution >= 4 is 44.8 Å². The molecule has 2 aromatic carbocycles. The van der Waals surface area contributed by atoms with E-state index in [0.717, 1.165) is 12.8 Å². The highest BCUT2D eigenvalue weighted by Crippen LogP contribution is 2.25. The molecular weight excluding hydrogens is 407 g/mol. The quantitative estimate of drug-likeness (QED) is 0.772. The van der Waals surface area contributed by atoms with Crippen molar-refractivity contribution in [3.8, 4) is 0 Å². The van der Waals surface area contributed by atoms with Gasteiger partial charge in [-0.1, -0.05) is 30.1 Å². The van der Waals surface area contributed by atoms with Gasteiger partial charge in [-0.3, -0.25) is 4.79 Å². The number of hydrogen-bond acceptors (Lipinski definition) is 3. The highest BCUT2D eigenvalue weighted by molar-refractivity contribution is 7.89. The van der Waals surface area contributed by atoms with Crippen molar-refractivity contribution in [2.24, 2.45) is 5.92 Å². The molecule has 1 fully saturated rings. The number of anilines is 1. The highest BCUT2D eigenvalue weighted by atomic mass is 35.5. The maximum Gasteiger partial charge on any atom is 0.255 e. The van der Waals surface area contributed by atoms with Crippen LogP contribution in [0.3, 0.4) is 0 Å². The molecule has 8 heteroatoms. The van der Waals surface area contributed by atoms with E-state index in [-0.39, 0.29) is 10.8 Å². The number of rotatable bonds is 4. The number of hydrogen-bond donors (Lipinski definition) is 1. The van der Waals surface area contributed by atoms with Gasteiger partial charge in [0.15, 0.2) is 0 Å². The lowest BCUT2D eigenvalue weighted by atomic mass is 10.0. The Bertz CT molecular complexity index is 926. The number of piperidine rings is 1. The maximum atomic E-state index is 12.8. The summed E-state index contributed by atoms with van der Waals surface area (Å²) < 4.78 is 27.1. The van der Waals surface area contributed by atoms with E-state index in [4.69, 9.17) is 23.2 Å². The molecule has 5 nitrogen and oxygen atoms in total. The van der Waals surface area contributed by atoms with Gasteiger partial charge in [0.25, 0.3) is 5.91 Å². The van der Waals surface area contributed by atoms with Gasteiger partial charge in [0.05, 0.1) is 4.90 Å². The molecule has 144 valence electrons. The monoisotopic (exact) mass is 426 g/mol. The van der Waals surface area contributed by atoms with Gasteiger partial charge in [-0.2, -0.15) is 4.31 Å². The van der Waals surface area contributed by atoms with Crippen LogP contribution in [0, 0.1) is 5.92 Å². The first-order chi connectivity index (χ1) is 12.8. The molecule has 0 aromatic heterocycles. The summed E-state index contributed by atoms with van der Waals surface area (Å²) in [5, 5.41) is 3.52. The number of carbonyl (C=O) groups excluding carboxylic acids is 1. The summed E-state index contributed by atoms with van der Waals surface area (Å²) in [5.74, 6) is -0.0213. The molecule has 0 spiro atoms. The largest absolute Gasteiger partial charge is 0.322 e. The Hall–Kier alpha value is -1.60. The fourth-order valence-electron chi connectivity index (χ4n) is 3.12. The second-order valence-corrected chi connectivity index (χ2v) is 9.56. The van der Waals surface area contributed by atoms with Gasteiger partial charge < -0.3 is 5.32 Å². The Kier molecular flexibility index (Phi) is 6.11. The molecule has 2 aromatic rings. The van der Waals surface area contributed by atoms with E-state index in [1.807, 2.05) is 0 Å².